The van der Waals surface area contributed by atoms with Crippen molar-refractivity contribution in [1.82, 2.24) is 5.32 Å². The molecule has 0 atom stereocenters. The normalized spacial score (nSPS) is 11.1. The maximum atomic E-state index is 13.4. The molecule has 7 heteroatoms. The molecule has 3 N–H and O–H groups in total. The van der Waals surface area contributed by atoms with Crippen molar-refractivity contribution >= 4 is 15.9 Å². The topological polar surface area (TPSA) is 89.3 Å². The van der Waals surface area contributed by atoms with Crippen LogP contribution in [0.3, 0.4) is 0 Å². The average Bonchev–Trinajstić information content (AvgIpc) is 2.45. The van der Waals surface area contributed by atoms with E-state index in [0.717, 1.165) is 0 Å². The minimum absolute atomic E-state index is 0.00770. The van der Waals surface area contributed by atoms with E-state index in [0.29, 0.717) is 5.56 Å². The molecular weight excluding hydrogens is 295 g/mol. The second-order valence-electron chi connectivity index (χ2n) is 4.35. The molecule has 2 aromatic carbocycles. The van der Waals surface area contributed by atoms with E-state index in [1.807, 2.05) is 0 Å². The number of carbonyl (C=O) groups excluding carboxylic acids is 1. The molecule has 2 rings (SSSR count). The maximum Gasteiger partial charge on any atom is 0.254 e. The zero-order valence-corrected chi connectivity index (χ0v) is 11.7. The van der Waals surface area contributed by atoms with Crippen molar-refractivity contribution in [2.24, 2.45) is 5.14 Å². The molecule has 110 valence electrons. The van der Waals surface area contributed by atoms with E-state index < -0.39 is 21.7 Å². The SMILES string of the molecule is NS(=O)(=O)c1ccc(CNC(=O)c2ccccc2F)cc1. The molecule has 0 spiro atoms. The first-order chi connectivity index (χ1) is 9.88. The van der Waals surface area contributed by atoms with Crippen LogP contribution in [-0.2, 0) is 16.6 Å². The van der Waals surface area contributed by atoms with E-state index in [1.54, 1.807) is 6.07 Å². The van der Waals surface area contributed by atoms with Crippen molar-refractivity contribution in [3.05, 3.63) is 65.5 Å². The van der Waals surface area contributed by atoms with Gasteiger partial charge in [0, 0.05) is 6.54 Å². The average molecular weight is 308 g/mol. The summed E-state index contributed by atoms with van der Waals surface area (Å²) in [6.07, 6.45) is 0. The van der Waals surface area contributed by atoms with Gasteiger partial charge in [-0.15, -0.1) is 0 Å². The number of carbonyl (C=O) groups is 1. The van der Waals surface area contributed by atoms with Gasteiger partial charge in [-0.2, -0.15) is 0 Å². The molecule has 0 aliphatic carbocycles. The number of hydrogen-bond acceptors (Lipinski definition) is 3. The van der Waals surface area contributed by atoms with Crippen molar-refractivity contribution < 1.29 is 17.6 Å². The monoisotopic (exact) mass is 308 g/mol. The Labute approximate surface area is 121 Å². The molecule has 1 amide bonds. The summed E-state index contributed by atoms with van der Waals surface area (Å²) in [6.45, 7) is 0.151. The zero-order valence-electron chi connectivity index (χ0n) is 10.9. The Morgan fingerprint density at radius 1 is 1.10 bits per heavy atom. The fourth-order valence-corrected chi connectivity index (χ4v) is 2.24. The molecule has 0 saturated carbocycles. The minimum atomic E-state index is -3.74. The van der Waals surface area contributed by atoms with Crippen LogP contribution in [0.15, 0.2) is 53.4 Å². The van der Waals surface area contributed by atoms with Crippen LogP contribution in [0.1, 0.15) is 15.9 Å². The first-order valence-corrected chi connectivity index (χ1v) is 7.57. The van der Waals surface area contributed by atoms with Crippen molar-refractivity contribution in [2.45, 2.75) is 11.4 Å². The summed E-state index contributed by atoms with van der Waals surface area (Å²) in [5.41, 5.74) is 0.630. The third kappa shape index (κ3) is 3.87. The van der Waals surface area contributed by atoms with Gasteiger partial charge in [-0.05, 0) is 29.8 Å². The van der Waals surface area contributed by atoms with Gasteiger partial charge in [-0.25, -0.2) is 17.9 Å². The Kier molecular flexibility index (Phi) is 4.35. The van der Waals surface area contributed by atoms with Crippen LogP contribution in [0.5, 0.6) is 0 Å². The Morgan fingerprint density at radius 2 is 1.71 bits per heavy atom. The van der Waals surface area contributed by atoms with Crippen LogP contribution in [0, 0.1) is 5.82 Å². The lowest BCUT2D eigenvalue weighted by Crippen LogP contribution is -2.23. The molecule has 21 heavy (non-hydrogen) atoms. The van der Waals surface area contributed by atoms with Crippen LogP contribution in [0.4, 0.5) is 4.39 Å². The highest BCUT2D eigenvalue weighted by Gasteiger charge is 2.11. The molecule has 0 unspecified atom stereocenters. The van der Waals surface area contributed by atoms with Crippen LogP contribution < -0.4 is 10.5 Å². The molecule has 5 nitrogen and oxygen atoms in total. The van der Waals surface area contributed by atoms with Crippen molar-refractivity contribution in [3.63, 3.8) is 0 Å². The Morgan fingerprint density at radius 3 is 2.29 bits per heavy atom. The van der Waals surface area contributed by atoms with E-state index in [2.05, 4.69) is 5.32 Å². The number of nitrogens with one attached hydrogen (secondary N) is 1. The van der Waals surface area contributed by atoms with E-state index in [9.17, 15) is 17.6 Å². The maximum absolute atomic E-state index is 13.4. The predicted octanol–water partition coefficient (Wildman–Crippen LogP) is 1.40. The van der Waals surface area contributed by atoms with Gasteiger partial charge in [0.05, 0.1) is 10.5 Å². The summed E-state index contributed by atoms with van der Waals surface area (Å²) in [5.74, 6) is -1.14. The van der Waals surface area contributed by atoms with E-state index in [4.69, 9.17) is 5.14 Å². The van der Waals surface area contributed by atoms with Gasteiger partial charge in [0.25, 0.3) is 5.91 Å². The first-order valence-electron chi connectivity index (χ1n) is 6.02. The lowest BCUT2D eigenvalue weighted by molar-refractivity contribution is 0.0947. The second kappa shape index (κ2) is 6.02. The molecule has 2 aromatic rings. The van der Waals surface area contributed by atoms with Crippen molar-refractivity contribution in [2.75, 3.05) is 0 Å². The van der Waals surface area contributed by atoms with Gasteiger partial charge in [0.2, 0.25) is 10.0 Å². The summed E-state index contributed by atoms with van der Waals surface area (Å²) in [4.78, 5) is 11.8. The third-order valence-corrected chi connectivity index (χ3v) is 3.75. The molecule has 0 aromatic heterocycles. The summed E-state index contributed by atoms with van der Waals surface area (Å²) in [6, 6.07) is 11.4. The summed E-state index contributed by atoms with van der Waals surface area (Å²) in [7, 11) is -3.74. The number of rotatable bonds is 4. The number of hydrogen-bond donors (Lipinski definition) is 2. The fourth-order valence-electron chi connectivity index (χ4n) is 1.72. The smallest absolute Gasteiger partial charge is 0.254 e. The number of amides is 1. The highest BCUT2D eigenvalue weighted by molar-refractivity contribution is 7.89. The van der Waals surface area contributed by atoms with Gasteiger partial charge < -0.3 is 5.32 Å². The summed E-state index contributed by atoms with van der Waals surface area (Å²) < 4.78 is 35.6. The second-order valence-corrected chi connectivity index (χ2v) is 5.91. The molecule has 0 bridgehead atoms. The Hall–Kier alpha value is -2.25. The van der Waals surface area contributed by atoms with Gasteiger partial charge >= 0.3 is 0 Å². The number of halogens is 1. The quantitative estimate of drug-likeness (QED) is 0.894. The highest BCUT2D eigenvalue weighted by Crippen LogP contribution is 2.10. The van der Waals surface area contributed by atoms with E-state index in [1.165, 1.54) is 42.5 Å². The largest absolute Gasteiger partial charge is 0.348 e. The minimum Gasteiger partial charge on any atom is -0.348 e. The van der Waals surface area contributed by atoms with Crippen molar-refractivity contribution in [3.8, 4) is 0 Å². The molecule has 0 aliphatic heterocycles. The lowest BCUT2D eigenvalue weighted by Gasteiger charge is -2.07. The third-order valence-electron chi connectivity index (χ3n) is 2.82. The highest BCUT2D eigenvalue weighted by atomic mass is 32.2. The van der Waals surface area contributed by atoms with E-state index in [-0.39, 0.29) is 17.0 Å². The van der Waals surface area contributed by atoms with Crippen LogP contribution >= 0.6 is 0 Å². The fraction of sp³-hybridized carbons (Fsp3) is 0.0714. The number of primary sulfonamides is 1. The number of sulfonamides is 1. The molecule has 0 heterocycles. The van der Waals surface area contributed by atoms with Crippen LogP contribution in [0.2, 0.25) is 0 Å². The number of benzene rings is 2. The molecule has 0 saturated heterocycles. The van der Waals surface area contributed by atoms with Gasteiger partial charge in [0.15, 0.2) is 0 Å². The van der Waals surface area contributed by atoms with Gasteiger partial charge in [-0.1, -0.05) is 24.3 Å². The first kappa shape index (κ1) is 15.1. The zero-order chi connectivity index (χ0) is 15.5. The standard InChI is InChI=1S/C14H13FN2O3S/c15-13-4-2-1-3-12(13)14(18)17-9-10-5-7-11(8-6-10)21(16,19)20/h1-8H,9H2,(H,17,18)(H2,16,19,20). The van der Waals surface area contributed by atoms with Crippen LogP contribution in [0.25, 0.3) is 0 Å². The summed E-state index contributed by atoms with van der Waals surface area (Å²) >= 11 is 0. The summed E-state index contributed by atoms with van der Waals surface area (Å²) in [5, 5.41) is 7.54. The van der Waals surface area contributed by atoms with Crippen LogP contribution in [-0.4, -0.2) is 14.3 Å². The van der Waals surface area contributed by atoms with E-state index >= 15 is 0 Å². The molecular formula is C14H13FN2O3S. The van der Waals surface area contributed by atoms with Gasteiger partial charge in [0.1, 0.15) is 5.82 Å². The Bertz CT molecular complexity index is 758. The molecule has 0 radical (unpaired) electrons. The molecule has 0 fully saturated rings. The van der Waals surface area contributed by atoms with Gasteiger partial charge in [-0.3, -0.25) is 4.79 Å². The van der Waals surface area contributed by atoms with Crippen molar-refractivity contribution in [1.29, 1.82) is 0 Å². The lowest BCUT2D eigenvalue weighted by atomic mass is 10.2. The molecule has 0 aliphatic rings. The predicted molar refractivity (Wildman–Crippen MR) is 75.4 cm³/mol. The number of nitrogens with two attached hydrogens (primary N) is 1. The Balaban J connectivity index is 2.04.